The smallest absolute Gasteiger partial charge is 0.417 e. The minimum Gasteiger partial charge on any atom is -0.461 e. The van der Waals surface area contributed by atoms with Gasteiger partial charge in [0.1, 0.15) is 41.0 Å². The highest BCUT2D eigenvalue weighted by Crippen LogP contribution is 2.49. The number of nitriles is 1. The van der Waals surface area contributed by atoms with Gasteiger partial charge in [-0.05, 0) is 49.9 Å². The number of alkyl halides is 4. The molecule has 4 fully saturated rings. The molecular formula is C33H30F6N6O2S. The molecule has 2 bridgehead atoms. The number of fused-ring (bicyclic) bond motifs is 5. The zero-order valence-electron chi connectivity index (χ0n) is 25.5. The van der Waals surface area contributed by atoms with E-state index in [9.17, 15) is 32.3 Å². The summed E-state index contributed by atoms with van der Waals surface area (Å²) < 4.78 is 97.1. The average Bonchev–Trinajstić information content (AvgIpc) is 3.72. The summed E-state index contributed by atoms with van der Waals surface area (Å²) in [7, 11) is 0. The van der Waals surface area contributed by atoms with Gasteiger partial charge in [-0.3, -0.25) is 4.90 Å². The molecule has 2 aromatic heterocycles. The van der Waals surface area contributed by atoms with Crippen molar-refractivity contribution in [2.24, 2.45) is 11.8 Å². The Balaban J connectivity index is 1.34. The van der Waals surface area contributed by atoms with E-state index < -0.39 is 52.3 Å². The summed E-state index contributed by atoms with van der Waals surface area (Å²) in [4.78, 5) is 12.6. The van der Waals surface area contributed by atoms with E-state index in [4.69, 9.17) is 10.5 Å². The summed E-state index contributed by atoms with van der Waals surface area (Å²) in [6.45, 7) is 1.56. The molecule has 0 amide bonds. The number of aliphatic hydroxyl groups excluding tert-OH is 1. The van der Waals surface area contributed by atoms with Crippen LogP contribution < -0.4 is 15.4 Å². The van der Waals surface area contributed by atoms with Crippen LogP contribution in [-0.2, 0) is 6.18 Å². The second-order valence-corrected chi connectivity index (χ2v) is 14.5. The highest BCUT2D eigenvalue weighted by atomic mass is 32.1. The minimum absolute atomic E-state index is 0.00966. The number of ether oxygens (including phenoxy) is 1. The third kappa shape index (κ3) is 4.78. The topological polar surface area (TPSA) is 112 Å². The molecule has 48 heavy (non-hydrogen) atoms. The highest BCUT2D eigenvalue weighted by molar-refractivity contribution is 7.23. The summed E-state index contributed by atoms with van der Waals surface area (Å²) in [6, 6.07) is 4.27. The largest absolute Gasteiger partial charge is 0.461 e. The predicted octanol–water partition coefficient (Wildman–Crippen LogP) is 6.42. The number of anilines is 2. The third-order valence-electron chi connectivity index (χ3n) is 10.7. The lowest BCUT2D eigenvalue weighted by atomic mass is 9.92. The van der Waals surface area contributed by atoms with Gasteiger partial charge in [-0.2, -0.15) is 28.4 Å². The zero-order valence-corrected chi connectivity index (χ0v) is 26.3. The molecule has 3 N–H and O–H groups in total. The van der Waals surface area contributed by atoms with Crippen molar-refractivity contribution >= 4 is 43.1 Å². The number of aromatic nitrogens is 2. The van der Waals surface area contributed by atoms with Crippen LogP contribution in [0.2, 0.25) is 0 Å². The number of piperidine rings is 1. The van der Waals surface area contributed by atoms with Crippen molar-refractivity contribution in [1.82, 2.24) is 14.9 Å². The van der Waals surface area contributed by atoms with E-state index in [1.165, 1.54) is 0 Å². The van der Waals surface area contributed by atoms with Gasteiger partial charge in [-0.25, -0.2) is 13.2 Å². The monoisotopic (exact) mass is 688 g/mol. The first-order valence-electron chi connectivity index (χ1n) is 15.9. The van der Waals surface area contributed by atoms with Gasteiger partial charge in [0, 0.05) is 54.2 Å². The minimum atomic E-state index is -5.08. The molecule has 1 saturated carbocycles. The highest BCUT2D eigenvalue weighted by Gasteiger charge is 2.50. The third-order valence-corrected chi connectivity index (χ3v) is 11.7. The van der Waals surface area contributed by atoms with E-state index in [0.717, 1.165) is 37.5 Å². The van der Waals surface area contributed by atoms with Gasteiger partial charge >= 0.3 is 12.2 Å². The summed E-state index contributed by atoms with van der Waals surface area (Å²) >= 11 is 0.691. The van der Waals surface area contributed by atoms with Gasteiger partial charge in [0.15, 0.2) is 5.82 Å². The van der Waals surface area contributed by atoms with E-state index in [2.05, 4.69) is 9.97 Å². The molecule has 4 atom stereocenters. The van der Waals surface area contributed by atoms with E-state index in [1.54, 1.807) is 4.90 Å². The number of thiophene rings is 1. The van der Waals surface area contributed by atoms with Crippen molar-refractivity contribution in [1.29, 1.82) is 5.26 Å². The molecule has 8 nitrogen and oxygen atoms in total. The second-order valence-electron chi connectivity index (χ2n) is 13.4. The van der Waals surface area contributed by atoms with Crippen LogP contribution in [0.25, 0.3) is 32.1 Å². The predicted molar refractivity (Wildman–Crippen MR) is 167 cm³/mol. The molecule has 15 heteroatoms. The quantitative estimate of drug-likeness (QED) is 0.231. The molecule has 8 rings (SSSR count). The molecule has 0 spiro atoms. The first-order valence-corrected chi connectivity index (χ1v) is 16.7. The average molecular weight is 689 g/mol. The number of aliphatic hydroxyl groups is 1. The van der Waals surface area contributed by atoms with Crippen LogP contribution in [0.1, 0.15) is 43.2 Å². The summed E-state index contributed by atoms with van der Waals surface area (Å²) in [6.07, 6.45) is -3.43. The standard InChI is InChI=1S/C33H30F6N6O2S/c34-17-9-32(6-1-7-45(32)13-17)14-47-31-42-26-19(30(43-31)44-11-15-2-3-16(12-44)27(15)46)8-21(33(37,38)39)24(25(26)36)18-4-5-22(35)28-23(18)20(10-40)29(41)48-28/h4-5,8,15-17,27,46H,1-3,6-7,9,11-14,41H2. The molecule has 4 aliphatic rings. The summed E-state index contributed by atoms with van der Waals surface area (Å²) in [5.74, 6) is -2.41. The first kappa shape index (κ1) is 31.4. The van der Waals surface area contributed by atoms with Crippen LogP contribution in [0.15, 0.2) is 18.2 Å². The van der Waals surface area contributed by atoms with Crippen molar-refractivity contribution in [3.63, 3.8) is 0 Å². The number of rotatable bonds is 5. The fraction of sp³-hybridized carbons (Fsp3) is 0.485. The normalized spacial score (nSPS) is 27.2. The maximum absolute atomic E-state index is 17.0. The Labute approximate surface area is 274 Å². The molecular weight excluding hydrogens is 658 g/mol. The van der Waals surface area contributed by atoms with Gasteiger partial charge in [-0.1, -0.05) is 6.07 Å². The van der Waals surface area contributed by atoms with Gasteiger partial charge in [0.2, 0.25) is 0 Å². The number of nitrogens with zero attached hydrogens (tertiary/aromatic N) is 5. The SMILES string of the molecule is N#Cc1c(N)sc2c(F)ccc(-c3c(C(F)(F)F)cc4c(N5CC6CCC(C5)C6O)nc(OCC56CCCN5CC(F)C6)nc4c3F)c12. The summed E-state index contributed by atoms with van der Waals surface area (Å²) in [5.41, 5.74) is 2.03. The van der Waals surface area contributed by atoms with Crippen molar-refractivity contribution in [2.45, 2.75) is 56.1 Å². The first-order chi connectivity index (χ1) is 22.9. The lowest BCUT2D eigenvalue weighted by Gasteiger charge is -2.37. The molecule has 4 unspecified atom stereocenters. The molecule has 5 heterocycles. The summed E-state index contributed by atoms with van der Waals surface area (Å²) in [5, 5.41) is 19.9. The lowest BCUT2D eigenvalue weighted by Crippen LogP contribution is -2.45. The van der Waals surface area contributed by atoms with E-state index in [0.29, 0.717) is 24.3 Å². The molecule has 252 valence electrons. The fourth-order valence-electron chi connectivity index (χ4n) is 8.51. The van der Waals surface area contributed by atoms with Gasteiger partial charge < -0.3 is 20.5 Å². The Morgan fingerprint density at radius 2 is 1.90 bits per heavy atom. The van der Waals surface area contributed by atoms with Gasteiger partial charge in [0.25, 0.3) is 0 Å². The van der Waals surface area contributed by atoms with E-state index in [-0.39, 0.29) is 87.9 Å². The molecule has 4 aromatic rings. The van der Waals surface area contributed by atoms with E-state index >= 15 is 4.39 Å². The maximum atomic E-state index is 17.0. The number of hydrogen-bond donors (Lipinski definition) is 2. The Bertz CT molecular complexity index is 2000. The van der Waals surface area contributed by atoms with Crippen molar-refractivity contribution < 1.29 is 36.2 Å². The van der Waals surface area contributed by atoms with Crippen LogP contribution in [0, 0.1) is 34.8 Å². The van der Waals surface area contributed by atoms with Gasteiger partial charge in [0.05, 0.1) is 27.5 Å². The molecule has 0 radical (unpaired) electrons. The van der Waals surface area contributed by atoms with Gasteiger partial charge in [-0.15, -0.1) is 11.3 Å². The molecule has 3 aliphatic heterocycles. The van der Waals surface area contributed by atoms with Crippen molar-refractivity contribution in [3.8, 4) is 23.2 Å². The lowest BCUT2D eigenvalue weighted by molar-refractivity contribution is -0.137. The molecule has 2 aromatic carbocycles. The van der Waals surface area contributed by atoms with Crippen molar-refractivity contribution in [3.05, 3.63) is 41.0 Å². The zero-order chi connectivity index (χ0) is 33.7. The molecule has 3 saturated heterocycles. The van der Waals surface area contributed by atoms with E-state index in [1.807, 2.05) is 11.0 Å². The second kappa shape index (κ2) is 11.1. The maximum Gasteiger partial charge on any atom is 0.417 e. The number of nitrogens with two attached hydrogens (primary N) is 1. The van der Waals surface area contributed by atoms with Crippen LogP contribution in [-0.4, -0.2) is 70.6 Å². The van der Waals surface area contributed by atoms with Crippen molar-refractivity contribution in [2.75, 3.05) is 43.4 Å². The number of nitrogen functional groups attached to an aromatic ring is 1. The number of halogens is 6. The number of benzene rings is 2. The van der Waals surface area contributed by atoms with Crippen LogP contribution in [0.5, 0.6) is 6.01 Å². The Kier molecular flexibility index (Phi) is 7.25. The number of hydrogen-bond acceptors (Lipinski definition) is 9. The fourth-order valence-corrected chi connectivity index (χ4v) is 9.46. The van der Waals surface area contributed by atoms with Crippen LogP contribution in [0.4, 0.5) is 37.2 Å². The van der Waals surface area contributed by atoms with Crippen LogP contribution >= 0.6 is 11.3 Å². The Hall–Kier alpha value is -3.87. The Morgan fingerprint density at radius 1 is 1.15 bits per heavy atom. The molecule has 1 aliphatic carbocycles. The van der Waals surface area contributed by atoms with Crippen LogP contribution in [0.3, 0.4) is 0 Å². The Morgan fingerprint density at radius 3 is 2.60 bits per heavy atom.